The molecule has 0 saturated heterocycles. The first-order valence-corrected chi connectivity index (χ1v) is 6.87. The lowest BCUT2D eigenvalue weighted by Crippen LogP contribution is -2.28. The van der Waals surface area contributed by atoms with Gasteiger partial charge in [0.25, 0.3) is 0 Å². The lowest BCUT2D eigenvalue weighted by Gasteiger charge is -2.20. The van der Waals surface area contributed by atoms with Crippen molar-refractivity contribution < 1.29 is 31.5 Å². The summed E-state index contributed by atoms with van der Waals surface area (Å²) in [6, 6.07) is 0.936. The second-order valence-corrected chi connectivity index (χ2v) is 5.87. The molecule has 0 aliphatic heterocycles. The van der Waals surface area contributed by atoms with E-state index < -0.39 is 41.6 Å². The van der Waals surface area contributed by atoms with Gasteiger partial charge in [-0.1, -0.05) is 0 Å². The molecule has 0 bridgehead atoms. The van der Waals surface area contributed by atoms with E-state index in [1.807, 2.05) is 5.32 Å². The van der Waals surface area contributed by atoms with Crippen LogP contribution in [0, 0.1) is 0 Å². The van der Waals surface area contributed by atoms with Gasteiger partial charge in [0.1, 0.15) is 5.60 Å². The maximum Gasteiger partial charge on any atom is 0.435 e. The average molecular weight is 367 g/mol. The summed E-state index contributed by atoms with van der Waals surface area (Å²) in [6.45, 7) is 1.60. The Kier molecular flexibility index (Phi) is 4.73. The van der Waals surface area contributed by atoms with E-state index in [1.54, 1.807) is 0 Å². The van der Waals surface area contributed by atoms with Gasteiger partial charge in [0.2, 0.25) is 0 Å². The van der Waals surface area contributed by atoms with Crippen molar-refractivity contribution in [3.05, 3.63) is 24.2 Å². The molecule has 12 heteroatoms. The van der Waals surface area contributed by atoms with E-state index in [2.05, 4.69) is 10.2 Å². The van der Waals surface area contributed by atoms with Crippen LogP contribution in [0.1, 0.15) is 33.0 Å². The number of hydrogen-bond donors (Lipinski definition) is 1. The fourth-order valence-corrected chi connectivity index (χ4v) is 1.85. The molecule has 7 nitrogen and oxygen atoms in total. The Balaban J connectivity index is 2.39. The summed E-state index contributed by atoms with van der Waals surface area (Å²) < 4.78 is 70.5. The van der Waals surface area contributed by atoms with Crippen LogP contribution in [0.2, 0.25) is 0 Å². The predicted octanol–water partition coefficient (Wildman–Crippen LogP) is 3.83. The molecule has 0 aromatic carbocycles. The van der Waals surface area contributed by atoms with Crippen molar-refractivity contribution in [3.8, 4) is 5.82 Å². The highest BCUT2D eigenvalue weighted by atomic mass is 19.4. The number of rotatable bonds is 3. The Morgan fingerprint density at radius 1 is 1.28 bits per heavy atom. The van der Waals surface area contributed by atoms with Crippen molar-refractivity contribution in [1.82, 2.24) is 19.6 Å². The van der Waals surface area contributed by atoms with Crippen molar-refractivity contribution in [2.24, 2.45) is 0 Å². The van der Waals surface area contributed by atoms with Crippen LogP contribution < -0.4 is 5.32 Å². The molecule has 0 saturated carbocycles. The molecular formula is C13H14F5N5O2. The van der Waals surface area contributed by atoms with Gasteiger partial charge in [0, 0.05) is 12.3 Å². The number of nitrogens with zero attached hydrogens (tertiary/aromatic N) is 4. The average Bonchev–Trinajstić information content (AvgIpc) is 3.00. The zero-order chi connectivity index (χ0) is 19.0. The van der Waals surface area contributed by atoms with Gasteiger partial charge in [-0.25, -0.2) is 14.2 Å². The van der Waals surface area contributed by atoms with Crippen LogP contribution in [-0.4, -0.2) is 31.3 Å². The Hall–Kier alpha value is -2.66. The first-order chi connectivity index (χ1) is 11.4. The van der Waals surface area contributed by atoms with E-state index in [0.29, 0.717) is 4.68 Å². The summed E-state index contributed by atoms with van der Waals surface area (Å²) >= 11 is 0. The molecule has 2 heterocycles. The molecular weight excluding hydrogens is 353 g/mol. The van der Waals surface area contributed by atoms with Crippen molar-refractivity contribution >= 4 is 11.8 Å². The number of amides is 1. The minimum absolute atomic E-state index is 0.179. The van der Waals surface area contributed by atoms with Gasteiger partial charge in [-0.3, -0.25) is 5.32 Å². The largest absolute Gasteiger partial charge is 0.444 e. The molecule has 0 aliphatic rings. The van der Waals surface area contributed by atoms with Crippen LogP contribution >= 0.6 is 0 Å². The normalized spacial score (nSPS) is 12.5. The molecule has 2 aromatic heterocycles. The second-order valence-electron chi connectivity index (χ2n) is 5.87. The number of carbonyl (C=O) groups is 1. The molecule has 1 N–H and O–H groups in total. The quantitative estimate of drug-likeness (QED) is 0.837. The number of halogens is 5. The van der Waals surface area contributed by atoms with Gasteiger partial charge in [-0.05, 0) is 20.8 Å². The predicted molar refractivity (Wildman–Crippen MR) is 75.5 cm³/mol. The van der Waals surface area contributed by atoms with Crippen molar-refractivity contribution in [2.75, 3.05) is 5.32 Å². The van der Waals surface area contributed by atoms with E-state index in [4.69, 9.17) is 4.74 Å². The van der Waals surface area contributed by atoms with Gasteiger partial charge in [-0.15, -0.1) is 5.10 Å². The summed E-state index contributed by atoms with van der Waals surface area (Å²) in [6.07, 6.45) is -4.51. The van der Waals surface area contributed by atoms with Crippen LogP contribution in [0.25, 0.3) is 5.82 Å². The summed E-state index contributed by atoms with van der Waals surface area (Å²) in [5.74, 6) is -0.482. The third kappa shape index (κ3) is 4.45. The summed E-state index contributed by atoms with van der Waals surface area (Å²) in [4.78, 5) is 11.7. The number of carbonyl (C=O) groups excluding carboxylic acids is 1. The van der Waals surface area contributed by atoms with E-state index in [0.717, 1.165) is 18.5 Å². The fourth-order valence-electron chi connectivity index (χ4n) is 1.85. The maximum absolute atomic E-state index is 13.3. The SMILES string of the molecule is CC(C)(C)OC(=O)Nc1cnn(-c2ccn(C(F)F)n2)c1C(F)(F)F. The zero-order valence-electron chi connectivity index (χ0n) is 13.3. The van der Waals surface area contributed by atoms with Gasteiger partial charge in [0.15, 0.2) is 11.5 Å². The summed E-state index contributed by atoms with van der Waals surface area (Å²) in [5.41, 5.74) is -2.99. The Morgan fingerprint density at radius 2 is 1.92 bits per heavy atom. The standard InChI is InChI=1S/C13H14F5N5O2/c1-12(2,3)25-11(24)20-7-6-19-23(9(7)13(16,17)18)8-4-5-22(21-8)10(14)15/h4-6,10H,1-3H3,(H,20,24). The molecule has 0 radical (unpaired) electrons. The van der Waals surface area contributed by atoms with Gasteiger partial charge in [0.05, 0.1) is 11.9 Å². The van der Waals surface area contributed by atoms with E-state index in [1.165, 1.54) is 20.8 Å². The molecule has 1 amide bonds. The highest BCUT2D eigenvalue weighted by Gasteiger charge is 2.40. The maximum atomic E-state index is 13.3. The van der Waals surface area contributed by atoms with E-state index in [-0.39, 0.29) is 4.68 Å². The molecule has 0 unspecified atom stereocenters. The van der Waals surface area contributed by atoms with E-state index >= 15 is 0 Å². The molecule has 2 rings (SSSR count). The number of alkyl halides is 5. The first kappa shape index (κ1) is 18.7. The molecule has 0 atom stereocenters. The second kappa shape index (κ2) is 6.33. The smallest absolute Gasteiger partial charge is 0.435 e. The monoisotopic (exact) mass is 367 g/mol. The van der Waals surface area contributed by atoms with Gasteiger partial charge >= 0.3 is 18.8 Å². The van der Waals surface area contributed by atoms with Gasteiger partial charge in [-0.2, -0.15) is 27.1 Å². The van der Waals surface area contributed by atoms with Crippen LogP contribution in [0.3, 0.4) is 0 Å². The number of nitrogens with one attached hydrogen (secondary N) is 1. The highest BCUT2D eigenvalue weighted by molar-refractivity contribution is 5.85. The highest BCUT2D eigenvalue weighted by Crippen LogP contribution is 2.36. The van der Waals surface area contributed by atoms with Crippen molar-refractivity contribution in [3.63, 3.8) is 0 Å². The van der Waals surface area contributed by atoms with Gasteiger partial charge < -0.3 is 4.74 Å². The molecule has 25 heavy (non-hydrogen) atoms. The molecule has 2 aromatic rings. The molecule has 0 fully saturated rings. The Labute approximate surface area is 138 Å². The van der Waals surface area contributed by atoms with Crippen LogP contribution in [0.15, 0.2) is 18.5 Å². The van der Waals surface area contributed by atoms with Crippen LogP contribution in [0.5, 0.6) is 0 Å². The number of aromatic nitrogens is 4. The molecule has 0 spiro atoms. The Morgan fingerprint density at radius 3 is 2.40 bits per heavy atom. The molecule has 138 valence electrons. The Bertz CT molecular complexity index is 760. The lowest BCUT2D eigenvalue weighted by atomic mass is 10.2. The third-order valence-electron chi connectivity index (χ3n) is 2.68. The summed E-state index contributed by atoms with van der Waals surface area (Å²) in [5, 5.41) is 8.76. The number of ether oxygens (including phenoxy) is 1. The van der Waals surface area contributed by atoms with E-state index in [9.17, 15) is 26.7 Å². The fraction of sp³-hybridized carbons (Fsp3) is 0.462. The van der Waals surface area contributed by atoms with Crippen LogP contribution in [-0.2, 0) is 10.9 Å². The number of hydrogen-bond acceptors (Lipinski definition) is 4. The number of anilines is 1. The third-order valence-corrected chi connectivity index (χ3v) is 2.68. The lowest BCUT2D eigenvalue weighted by molar-refractivity contribution is -0.142. The zero-order valence-corrected chi connectivity index (χ0v) is 13.3. The minimum atomic E-state index is -4.94. The summed E-state index contributed by atoms with van der Waals surface area (Å²) in [7, 11) is 0. The van der Waals surface area contributed by atoms with Crippen molar-refractivity contribution in [2.45, 2.75) is 39.1 Å². The van der Waals surface area contributed by atoms with Crippen LogP contribution in [0.4, 0.5) is 32.4 Å². The topological polar surface area (TPSA) is 74.0 Å². The molecule has 0 aliphatic carbocycles. The first-order valence-electron chi connectivity index (χ1n) is 6.87. The van der Waals surface area contributed by atoms with Crippen molar-refractivity contribution in [1.29, 1.82) is 0 Å². The minimum Gasteiger partial charge on any atom is -0.444 e.